The standard InChI is InChI=1S/C27H28N4O2/c1-19-10-8-11-20(2)26(19)30-25(32)18-31-23-15-7-6-14-22(23)29-24(31)16-9-17-28-27(33)21-12-4-3-5-13-21/h3-8,10-15H,9,16-18H2,1-2H3,(H,28,33)(H,30,32). The lowest BCUT2D eigenvalue weighted by Crippen LogP contribution is -2.25. The van der Waals surface area contributed by atoms with E-state index in [1.165, 1.54) is 0 Å². The summed E-state index contributed by atoms with van der Waals surface area (Å²) in [6.45, 7) is 4.69. The summed E-state index contributed by atoms with van der Waals surface area (Å²) in [6, 6.07) is 23.0. The van der Waals surface area contributed by atoms with Gasteiger partial charge in [-0.3, -0.25) is 9.59 Å². The van der Waals surface area contributed by atoms with Crippen LogP contribution in [-0.4, -0.2) is 27.9 Å². The topological polar surface area (TPSA) is 76.0 Å². The van der Waals surface area contributed by atoms with Crippen molar-refractivity contribution in [2.45, 2.75) is 33.2 Å². The van der Waals surface area contributed by atoms with Gasteiger partial charge in [-0.15, -0.1) is 0 Å². The summed E-state index contributed by atoms with van der Waals surface area (Å²) in [5.74, 6) is 0.660. The van der Waals surface area contributed by atoms with Crippen LogP contribution < -0.4 is 10.6 Å². The highest BCUT2D eigenvalue weighted by Crippen LogP contribution is 2.21. The van der Waals surface area contributed by atoms with Gasteiger partial charge in [-0.05, 0) is 55.7 Å². The van der Waals surface area contributed by atoms with Crippen molar-refractivity contribution < 1.29 is 9.59 Å². The number of amides is 2. The number of aryl methyl sites for hydroxylation is 3. The Morgan fingerprint density at radius 3 is 2.33 bits per heavy atom. The lowest BCUT2D eigenvalue weighted by molar-refractivity contribution is -0.116. The number of carbonyl (C=O) groups excluding carboxylic acids is 2. The highest BCUT2D eigenvalue weighted by Gasteiger charge is 2.15. The molecule has 0 spiro atoms. The minimum Gasteiger partial charge on any atom is -0.352 e. The molecule has 0 aliphatic carbocycles. The first-order chi connectivity index (χ1) is 16.0. The molecule has 4 rings (SSSR count). The molecule has 168 valence electrons. The van der Waals surface area contributed by atoms with E-state index in [1.54, 1.807) is 12.1 Å². The largest absolute Gasteiger partial charge is 0.352 e. The Kier molecular flexibility index (Phi) is 6.83. The average molecular weight is 441 g/mol. The molecule has 0 radical (unpaired) electrons. The number of hydrogen-bond donors (Lipinski definition) is 2. The molecule has 0 aliphatic rings. The fourth-order valence-electron chi connectivity index (χ4n) is 3.97. The highest BCUT2D eigenvalue weighted by atomic mass is 16.2. The van der Waals surface area contributed by atoms with Crippen molar-refractivity contribution in [3.63, 3.8) is 0 Å². The van der Waals surface area contributed by atoms with Crippen LogP contribution in [0.4, 0.5) is 5.69 Å². The second-order valence-corrected chi connectivity index (χ2v) is 8.14. The average Bonchev–Trinajstić information content (AvgIpc) is 3.17. The number of aromatic nitrogens is 2. The zero-order chi connectivity index (χ0) is 23.2. The summed E-state index contributed by atoms with van der Waals surface area (Å²) in [5, 5.41) is 6.02. The van der Waals surface area contributed by atoms with Crippen molar-refractivity contribution >= 4 is 28.5 Å². The Balaban J connectivity index is 1.44. The van der Waals surface area contributed by atoms with Crippen molar-refractivity contribution in [2.75, 3.05) is 11.9 Å². The Hall–Kier alpha value is -3.93. The number of fused-ring (bicyclic) bond motifs is 1. The second-order valence-electron chi connectivity index (χ2n) is 8.14. The quantitative estimate of drug-likeness (QED) is 0.392. The molecule has 1 aromatic heterocycles. The first kappa shape index (κ1) is 22.3. The lowest BCUT2D eigenvalue weighted by Gasteiger charge is -2.13. The van der Waals surface area contributed by atoms with E-state index in [9.17, 15) is 9.59 Å². The minimum absolute atomic E-state index is 0.0860. The number of nitrogens with one attached hydrogen (secondary N) is 2. The molecule has 0 saturated carbocycles. The molecule has 0 unspecified atom stereocenters. The second kappa shape index (κ2) is 10.1. The van der Waals surface area contributed by atoms with Crippen molar-refractivity contribution in [1.82, 2.24) is 14.9 Å². The van der Waals surface area contributed by atoms with Crippen LogP contribution >= 0.6 is 0 Å². The Morgan fingerprint density at radius 1 is 0.879 bits per heavy atom. The van der Waals surface area contributed by atoms with Crippen molar-refractivity contribution in [3.05, 3.63) is 95.3 Å². The summed E-state index contributed by atoms with van der Waals surface area (Å²) >= 11 is 0. The Morgan fingerprint density at radius 2 is 1.58 bits per heavy atom. The SMILES string of the molecule is Cc1cccc(C)c1NC(=O)Cn1c(CCCNC(=O)c2ccccc2)nc2ccccc21. The van der Waals surface area contributed by atoms with Gasteiger partial charge in [-0.1, -0.05) is 48.5 Å². The predicted molar refractivity (Wildman–Crippen MR) is 131 cm³/mol. The number of carbonyl (C=O) groups is 2. The van der Waals surface area contributed by atoms with Crippen LogP contribution in [0, 0.1) is 13.8 Å². The van der Waals surface area contributed by atoms with Gasteiger partial charge in [0.25, 0.3) is 5.91 Å². The first-order valence-electron chi connectivity index (χ1n) is 11.2. The highest BCUT2D eigenvalue weighted by molar-refractivity contribution is 5.94. The van der Waals surface area contributed by atoms with E-state index in [0.29, 0.717) is 18.5 Å². The molecule has 2 amide bonds. The summed E-state index contributed by atoms with van der Waals surface area (Å²) in [7, 11) is 0. The predicted octanol–water partition coefficient (Wildman–Crippen LogP) is 4.65. The number of nitrogens with zero attached hydrogens (tertiary/aromatic N) is 2. The third kappa shape index (κ3) is 5.29. The third-order valence-electron chi connectivity index (χ3n) is 5.68. The number of anilines is 1. The maximum Gasteiger partial charge on any atom is 0.251 e. The number of imidazole rings is 1. The maximum absolute atomic E-state index is 12.9. The van der Waals surface area contributed by atoms with Gasteiger partial charge in [-0.25, -0.2) is 4.98 Å². The minimum atomic E-state index is -0.0887. The van der Waals surface area contributed by atoms with E-state index < -0.39 is 0 Å². The van der Waals surface area contributed by atoms with Gasteiger partial charge in [-0.2, -0.15) is 0 Å². The molecule has 4 aromatic rings. The van der Waals surface area contributed by atoms with E-state index in [1.807, 2.05) is 79.1 Å². The summed E-state index contributed by atoms with van der Waals surface area (Å²) in [5.41, 5.74) is 5.37. The van der Waals surface area contributed by atoms with Crippen molar-refractivity contribution in [1.29, 1.82) is 0 Å². The number of para-hydroxylation sites is 3. The van der Waals surface area contributed by atoms with Crippen LogP contribution in [0.1, 0.15) is 33.7 Å². The molecule has 6 heteroatoms. The zero-order valence-corrected chi connectivity index (χ0v) is 19.0. The molecule has 6 nitrogen and oxygen atoms in total. The lowest BCUT2D eigenvalue weighted by atomic mass is 10.1. The molecule has 2 N–H and O–H groups in total. The van der Waals surface area contributed by atoms with Crippen molar-refractivity contribution in [2.24, 2.45) is 0 Å². The first-order valence-corrected chi connectivity index (χ1v) is 11.2. The van der Waals surface area contributed by atoms with Crippen LogP contribution in [-0.2, 0) is 17.8 Å². The van der Waals surface area contributed by atoms with Gasteiger partial charge in [0.15, 0.2) is 0 Å². The molecule has 3 aromatic carbocycles. The van der Waals surface area contributed by atoms with Gasteiger partial charge in [0.2, 0.25) is 5.91 Å². The number of benzene rings is 3. The summed E-state index contributed by atoms with van der Waals surface area (Å²) in [6.07, 6.45) is 1.38. The van der Waals surface area contributed by atoms with Crippen LogP contribution in [0.15, 0.2) is 72.8 Å². The van der Waals surface area contributed by atoms with E-state index in [2.05, 4.69) is 10.6 Å². The molecular weight excluding hydrogens is 412 g/mol. The molecule has 0 saturated heterocycles. The molecule has 1 heterocycles. The van der Waals surface area contributed by atoms with Crippen LogP contribution in [0.5, 0.6) is 0 Å². The monoisotopic (exact) mass is 440 g/mol. The van der Waals surface area contributed by atoms with Crippen LogP contribution in [0.2, 0.25) is 0 Å². The van der Waals surface area contributed by atoms with E-state index in [0.717, 1.165) is 40.1 Å². The molecule has 0 fully saturated rings. The fourth-order valence-corrected chi connectivity index (χ4v) is 3.97. The van der Waals surface area contributed by atoms with Gasteiger partial charge in [0.1, 0.15) is 12.4 Å². The molecular formula is C27H28N4O2. The molecule has 0 aliphatic heterocycles. The Labute approximate surface area is 193 Å². The summed E-state index contributed by atoms with van der Waals surface area (Å²) < 4.78 is 1.97. The zero-order valence-electron chi connectivity index (χ0n) is 19.0. The van der Waals surface area contributed by atoms with Gasteiger partial charge >= 0.3 is 0 Å². The van der Waals surface area contributed by atoms with Gasteiger partial charge in [0.05, 0.1) is 11.0 Å². The summed E-state index contributed by atoms with van der Waals surface area (Å²) in [4.78, 5) is 29.9. The maximum atomic E-state index is 12.9. The number of hydrogen-bond acceptors (Lipinski definition) is 3. The smallest absolute Gasteiger partial charge is 0.251 e. The van der Waals surface area contributed by atoms with Gasteiger partial charge in [0, 0.05) is 24.2 Å². The fraction of sp³-hybridized carbons (Fsp3) is 0.222. The van der Waals surface area contributed by atoms with E-state index in [-0.39, 0.29) is 18.4 Å². The number of rotatable bonds is 8. The van der Waals surface area contributed by atoms with Crippen molar-refractivity contribution in [3.8, 4) is 0 Å². The third-order valence-corrected chi connectivity index (χ3v) is 5.68. The molecule has 0 bridgehead atoms. The van der Waals surface area contributed by atoms with E-state index in [4.69, 9.17) is 4.98 Å². The van der Waals surface area contributed by atoms with Crippen LogP contribution in [0.25, 0.3) is 11.0 Å². The van der Waals surface area contributed by atoms with Crippen LogP contribution in [0.3, 0.4) is 0 Å². The normalized spacial score (nSPS) is 10.8. The van der Waals surface area contributed by atoms with Gasteiger partial charge < -0.3 is 15.2 Å². The molecule has 0 atom stereocenters. The Bertz CT molecular complexity index is 1260. The molecule has 33 heavy (non-hydrogen) atoms. The van der Waals surface area contributed by atoms with E-state index >= 15 is 0 Å².